The van der Waals surface area contributed by atoms with E-state index in [1.807, 2.05) is 19.1 Å². The maximum atomic E-state index is 11.5. The van der Waals surface area contributed by atoms with Gasteiger partial charge in [0.1, 0.15) is 6.73 Å². The third-order valence-corrected chi connectivity index (χ3v) is 2.40. The zero-order valence-corrected chi connectivity index (χ0v) is 9.72. The van der Waals surface area contributed by atoms with Gasteiger partial charge in [-0.25, -0.2) is 0 Å². The fraction of sp³-hybridized carbons (Fsp3) is 0.300. The van der Waals surface area contributed by atoms with E-state index in [2.05, 4.69) is 21.2 Å². The van der Waals surface area contributed by atoms with Crippen LogP contribution in [0.15, 0.2) is 22.7 Å². The number of rotatable bonds is 3. The van der Waals surface area contributed by atoms with E-state index >= 15 is 0 Å². The number of hydrogen-bond donors (Lipinski definition) is 1. The van der Waals surface area contributed by atoms with Crippen LogP contribution in [0.1, 0.15) is 15.9 Å². The number of amides is 1. The summed E-state index contributed by atoms with van der Waals surface area (Å²) in [5.41, 5.74) is 1.73. The van der Waals surface area contributed by atoms with Gasteiger partial charge in [0.05, 0.1) is 5.56 Å². The molecule has 0 aliphatic heterocycles. The van der Waals surface area contributed by atoms with E-state index < -0.39 is 0 Å². The zero-order chi connectivity index (χ0) is 10.6. The van der Waals surface area contributed by atoms with Crippen LogP contribution in [0.5, 0.6) is 0 Å². The zero-order valence-electron chi connectivity index (χ0n) is 8.13. The SMILES string of the molecule is COCNC(=O)c1ccc(C)cc1Br. The van der Waals surface area contributed by atoms with Gasteiger partial charge in [-0.3, -0.25) is 4.79 Å². The van der Waals surface area contributed by atoms with E-state index in [0.717, 1.165) is 10.0 Å². The van der Waals surface area contributed by atoms with Crippen LogP contribution in [0.2, 0.25) is 0 Å². The largest absolute Gasteiger partial charge is 0.364 e. The first-order chi connectivity index (χ1) is 6.65. The van der Waals surface area contributed by atoms with Gasteiger partial charge in [0, 0.05) is 11.6 Å². The first-order valence-electron chi connectivity index (χ1n) is 4.18. The van der Waals surface area contributed by atoms with Crippen molar-refractivity contribution < 1.29 is 9.53 Å². The first kappa shape index (κ1) is 11.2. The standard InChI is InChI=1S/C10H12BrNO2/c1-7-3-4-8(9(11)5-7)10(13)12-6-14-2/h3-5H,6H2,1-2H3,(H,12,13). The number of ether oxygens (including phenoxy) is 1. The summed E-state index contributed by atoms with van der Waals surface area (Å²) in [6.07, 6.45) is 0. The van der Waals surface area contributed by atoms with Crippen molar-refractivity contribution in [3.63, 3.8) is 0 Å². The van der Waals surface area contributed by atoms with Crippen LogP contribution in [0.3, 0.4) is 0 Å². The Morgan fingerprint density at radius 2 is 2.29 bits per heavy atom. The Morgan fingerprint density at radius 3 is 2.86 bits per heavy atom. The molecule has 0 atom stereocenters. The lowest BCUT2D eigenvalue weighted by Gasteiger charge is -2.06. The minimum atomic E-state index is -0.140. The average Bonchev–Trinajstić information content (AvgIpc) is 2.14. The summed E-state index contributed by atoms with van der Waals surface area (Å²) < 4.78 is 5.55. The number of halogens is 1. The van der Waals surface area contributed by atoms with Crippen molar-refractivity contribution in [3.8, 4) is 0 Å². The molecule has 0 heterocycles. The van der Waals surface area contributed by atoms with E-state index in [9.17, 15) is 4.79 Å². The molecular formula is C10H12BrNO2. The normalized spacial score (nSPS) is 9.93. The van der Waals surface area contributed by atoms with Crippen LogP contribution >= 0.6 is 15.9 Å². The second kappa shape index (κ2) is 5.12. The van der Waals surface area contributed by atoms with Crippen molar-refractivity contribution in [2.75, 3.05) is 13.8 Å². The van der Waals surface area contributed by atoms with Crippen LogP contribution in [0, 0.1) is 6.92 Å². The number of carbonyl (C=O) groups is 1. The number of carbonyl (C=O) groups excluding carboxylic acids is 1. The lowest BCUT2D eigenvalue weighted by molar-refractivity contribution is 0.0871. The Labute approximate surface area is 91.6 Å². The number of methoxy groups -OCH3 is 1. The maximum Gasteiger partial charge on any atom is 0.254 e. The van der Waals surface area contributed by atoms with Crippen LogP contribution in [-0.2, 0) is 4.74 Å². The van der Waals surface area contributed by atoms with Crippen LogP contribution < -0.4 is 5.32 Å². The summed E-state index contributed by atoms with van der Waals surface area (Å²) in [7, 11) is 1.53. The third kappa shape index (κ3) is 2.82. The molecule has 0 aromatic heterocycles. The predicted molar refractivity (Wildman–Crippen MR) is 58.2 cm³/mol. The molecule has 0 aliphatic rings. The number of benzene rings is 1. The van der Waals surface area contributed by atoms with Crippen molar-refractivity contribution in [2.24, 2.45) is 0 Å². The smallest absolute Gasteiger partial charge is 0.254 e. The highest BCUT2D eigenvalue weighted by Gasteiger charge is 2.08. The molecule has 0 fully saturated rings. The van der Waals surface area contributed by atoms with Gasteiger partial charge in [0.2, 0.25) is 0 Å². The van der Waals surface area contributed by atoms with Crippen molar-refractivity contribution >= 4 is 21.8 Å². The summed E-state index contributed by atoms with van der Waals surface area (Å²) in [4.78, 5) is 11.5. The summed E-state index contributed by atoms with van der Waals surface area (Å²) in [6, 6.07) is 5.58. The molecule has 0 unspecified atom stereocenters. The lowest BCUT2D eigenvalue weighted by atomic mass is 10.1. The molecule has 1 rings (SSSR count). The van der Waals surface area contributed by atoms with Gasteiger partial charge in [0.15, 0.2) is 0 Å². The fourth-order valence-electron chi connectivity index (χ4n) is 1.04. The Balaban J connectivity index is 2.80. The summed E-state index contributed by atoms with van der Waals surface area (Å²) in [5.74, 6) is -0.140. The first-order valence-corrected chi connectivity index (χ1v) is 4.97. The maximum absolute atomic E-state index is 11.5. The summed E-state index contributed by atoms with van der Waals surface area (Å²) >= 11 is 3.34. The molecule has 1 aromatic rings. The van der Waals surface area contributed by atoms with Gasteiger partial charge in [-0.15, -0.1) is 0 Å². The van der Waals surface area contributed by atoms with Gasteiger partial charge < -0.3 is 10.1 Å². The molecule has 0 saturated heterocycles. The monoisotopic (exact) mass is 257 g/mol. The lowest BCUT2D eigenvalue weighted by Crippen LogP contribution is -2.25. The Hall–Kier alpha value is -0.870. The molecule has 4 heteroatoms. The summed E-state index contributed by atoms with van der Waals surface area (Å²) in [5, 5.41) is 2.62. The number of nitrogens with one attached hydrogen (secondary N) is 1. The quantitative estimate of drug-likeness (QED) is 0.843. The molecule has 3 nitrogen and oxygen atoms in total. The molecule has 0 bridgehead atoms. The number of aryl methyl sites for hydroxylation is 1. The van der Waals surface area contributed by atoms with Crippen molar-refractivity contribution in [2.45, 2.75) is 6.92 Å². The second-order valence-electron chi connectivity index (χ2n) is 2.92. The van der Waals surface area contributed by atoms with Gasteiger partial charge >= 0.3 is 0 Å². The third-order valence-electron chi connectivity index (χ3n) is 1.75. The molecule has 1 aromatic carbocycles. The predicted octanol–water partition coefficient (Wildman–Crippen LogP) is 2.09. The molecule has 0 aliphatic carbocycles. The summed E-state index contributed by atoms with van der Waals surface area (Å²) in [6.45, 7) is 2.20. The van der Waals surface area contributed by atoms with Gasteiger partial charge in [-0.2, -0.15) is 0 Å². The van der Waals surface area contributed by atoms with E-state index in [1.165, 1.54) is 7.11 Å². The van der Waals surface area contributed by atoms with E-state index in [1.54, 1.807) is 6.07 Å². The van der Waals surface area contributed by atoms with Crippen LogP contribution in [0.25, 0.3) is 0 Å². The molecular weight excluding hydrogens is 246 g/mol. The molecule has 1 N–H and O–H groups in total. The Kier molecular flexibility index (Phi) is 4.10. The van der Waals surface area contributed by atoms with Crippen LogP contribution in [-0.4, -0.2) is 19.7 Å². The van der Waals surface area contributed by atoms with E-state index in [-0.39, 0.29) is 12.6 Å². The molecule has 76 valence electrons. The molecule has 0 radical (unpaired) electrons. The number of hydrogen-bond acceptors (Lipinski definition) is 2. The average molecular weight is 258 g/mol. The van der Waals surface area contributed by atoms with Gasteiger partial charge in [0.25, 0.3) is 5.91 Å². The topological polar surface area (TPSA) is 38.3 Å². The Morgan fingerprint density at radius 1 is 1.57 bits per heavy atom. The fourth-order valence-corrected chi connectivity index (χ4v) is 1.71. The minimum Gasteiger partial charge on any atom is -0.364 e. The van der Waals surface area contributed by atoms with Gasteiger partial charge in [-0.05, 0) is 40.5 Å². The highest BCUT2D eigenvalue weighted by molar-refractivity contribution is 9.10. The molecule has 0 spiro atoms. The highest BCUT2D eigenvalue weighted by atomic mass is 79.9. The van der Waals surface area contributed by atoms with Crippen molar-refractivity contribution in [3.05, 3.63) is 33.8 Å². The molecule has 0 saturated carbocycles. The molecule has 14 heavy (non-hydrogen) atoms. The van der Waals surface area contributed by atoms with Crippen molar-refractivity contribution in [1.82, 2.24) is 5.32 Å². The molecule has 1 amide bonds. The van der Waals surface area contributed by atoms with Gasteiger partial charge in [-0.1, -0.05) is 6.07 Å². The Bertz CT molecular complexity index is 339. The van der Waals surface area contributed by atoms with E-state index in [4.69, 9.17) is 4.74 Å². The van der Waals surface area contributed by atoms with Crippen LogP contribution in [0.4, 0.5) is 0 Å². The minimum absolute atomic E-state index is 0.140. The highest BCUT2D eigenvalue weighted by Crippen LogP contribution is 2.17. The van der Waals surface area contributed by atoms with E-state index in [0.29, 0.717) is 5.56 Å². The van der Waals surface area contributed by atoms with Crippen molar-refractivity contribution in [1.29, 1.82) is 0 Å². The second-order valence-corrected chi connectivity index (χ2v) is 3.78.